The van der Waals surface area contributed by atoms with Crippen molar-refractivity contribution in [2.24, 2.45) is 23.7 Å². The van der Waals surface area contributed by atoms with Gasteiger partial charge in [0, 0.05) is 30.2 Å². The highest BCUT2D eigenvalue weighted by molar-refractivity contribution is 5.91. The molecule has 3 aliphatic rings. The lowest BCUT2D eigenvalue weighted by Crippen LogP contribution is -2.56. The maximum absolute atomic E-state index is 13.2. The first-order valence-electron chi connectivity index (χ1n) is 15.1. The molecule has 2 fully saturated rings. The predicted molar refractivity (Wildman–Crippen MR) is 152 cm³/mol. The van der Waals surface area contributed by atoms with Gasteiger partial charge in [0.05, 0.1) is 30.8 Å². The summed E-state index contributed by atoms with van der Waals surface area (Å²) in [6, 6.07) is -0.219. The van der Waals surface area contributed by atoms with Crippen LogP contribution in [0.15, 0.2) is 12.2 Å². The van der Waals surface area contributed by atoms with Crippen LogP contribution in [-0.2, 0) is 33.3 Å². The first-order valence-corrected chi connectivity index (χ1v) is 15.1. The molecule has 13 atom stereocenters. The van der Waals surface area contributed by atoms with E-state index in [1.54, 1.807) is 19.1 Å². The number of hydrogen-bond acceptors (Lipinski definition) is 10. The molecule has 10 heteroatoms. The van der Waals surface area contributed by atoms with Crippen molar-refractivity contribution in [3.05, 3.63) is 12.2 Å². The minimum atomic E-state index is -1.15. The van der Waals surface area contributed by atoms with E-state index in [2.05, 4.69) is 0 Å². The molecule has 10 nitrogen and oxygen atoms in total. The highest BCUT2D eigenvalue weighted by atomic mass is 16.7. The fourth-order valence-corrected chi connectivity index (χ4v) is 6.50. The molecule has 0 radical (unpaired) electrons. The largest absolute Gasteiger partial charge is 0.462 e. The minimum absolute atomic E-state index is 0.0707. The molecule has 3 rings (SSSR count). The Bertz CT molecular complexity index is 941. The van der Waals surface area contributed by atoms with Gasteiger partial charge in [-0.05, 0) is 65.3 Å². The van der Waals surface area contributed by atoms with Crippen molar-refractivity contribution in [1.82, 2.24) is 4.90 Å². The van der Waals surface area contributed by atoms with Crippen molar-refractivity contribution in [2.75, 3.05) is 14.1 Å². The molecule has 0 spiro atoms. The van der Waals surface area contributed by atoms with Crippen LogP contribution in [0.1, 0.15) is 73.6 Å². The van der Waals surface area contributed by atoms with Crippen LogP contribution >= 0.6 is 0 Å². The van der Waals surface area contributed by atoms with E-state index in [-0.39, 0.29) is 42.8 Å². The van der Waals surface area contributed by atoms with E-state index in [9.17, 15) is 24.6 Å². The SMILES string of the molecule is CC[C@H]1OC(=O)C[C@@H](O)[C@H](C)[C@@H](O[C@H]2O[C@H](C)C[C@H](N(C)C)[C@H]2O)[C@@H](CC=O)C[C@@H](C)C(=O)/C=C/C2(C)OC2[C@@H]1C. The number of allylic oxidation sites excluding steroid dienone is 1. The molecule has 41 heavy (non-hydrogen) atoms. The Labute approximate surface area is 244 Å². The highest BCUT2D eigenvalue weighted by Gasteiger charge is 2.55. The molecule has 2 saturated heterocycles. The lowest BCUT2D eigenvalue weighted by Gasteiger charge is -2.44. The zero-order valence-corrected chi connectivity index (χ0v) is 25.9. The van der Waals surface area contributed by atoms with E-state index in [1.807, 2.05) is 53.6 Å². The molecule has 0 saturated carbocycles. The Morgan fingerprint density at radius 2 is 1.80 bits per heavy atom. The van der Waals surface area contributed by atoms with Gasteiger partial charge in [-0.25, -0.2) is 0 Å². The van der Waals surface area contributed by atoms with E-state index in [4.69, 9.17) is 18.9 Å². The molecule has 0 aromatic heterocycles. The molecule has 0 aromatic carbocycles. The predicted octanol–water partition coefficient (Wildman–Crippen LogP) is 2.67. The van der Waals surface area contributed by atoms with Crippen LogP contribution in [0.25, 0.3) is 0 Å². The number of aliphatic hydroxyl groups is 2. The van der Waals surface area contributed by atoms with E-state index in [0.717, 1.165) is 6.29 Å². The zero-order valence-electron chi connectivity index (χ0n) is 25.9. The van der Waals surface area contributed by atoms with Crippen LogP contribution in [-0.4, -0.2) is 102 Å². The number of esters is 1. The third-order valence-corrected chi connectivity index (χ3v) is 9.29. The smallest absolute Gasteiger partial charge is 0.308 e. The maximum Gasteiger partial charge on any atom is 0.308 e. The van der Waals surface area contributed by atoms with Crippen LogP contribution in [0.5, 0.6) is 0 Å². The summed E-state index contributed by atoms with van der Waals surface area (Å²) in [5.74, 6) is -2.32. The number of fused-ring (bicyclic) bond motifs is 1. The van der Waals surface area contributed by atoms with Crippen LogP contribution in [0.3, 0.4) is 0 Å². The number of carbonyl (C=O) groups is 3. The molecule has 2 unspecified atom stereocenters. The third kappa shape index (κ3) is 8.24. The summed E-state index contributed by atoms with van der Waals surface area (Å²) in [4.78, 5) is 40.0. The Kier molecular flexibility index (Phi) is 11.7. The molecule has 0 aromatic rings. The summed E-state index contributed by atoms with van der Waals surface area (Å²) in [5.41, 5.74) is -0.637. The van der Waals surface area contributed by atoms with E-state index in [0.29, 0.717) is 19.3 Å². The average Bonchev–Trinajstić information content (AvgIpc) is 3.60. The van der Waals surface area contributed by atoms with Crippen LogP contribution in [0.2, 0.25) is 0 Å². The van der Waals surface area contributed by atoms with Gasteiger partial charge in [-0.3, -0.25) is 9.59 Å². The van der Waals surface area contributed by atoms with E-state index in [1.165, 1.54) is 0 Å². The number of carbonyl (C=O) groups excluding carboxylic acids is 3. The van der Waals surface area contributed by atoms with Gasteiger partial charge in [-0.2, -0.15) is 0 Å². The average molecular weight is 582 g/mol. The van der Waals surface area contributed by atoms with Crippen molar-refractivity contribution in [3.8, 4) is 0 Å². The van der Waals surface area contributed by atoms with Crippen molar-refractivity contribution in [3.63, 3.8) is 0 Å². The number of cyclic esters (lactones) is 1. The summed E-state index contributed by atoms with van der Waals surface area (Å²) in [6.45, 7) is 11.3. The number of hydrogen-bond donors (Lipinski definition) is 2. The fraction of sp³-hybridized carbons (Fsp3) is 0.839. The summed E-state index contributed by atoms with van der Waals surface area (Å²) in [5, 5.41) is 22.4. The summed E-state index contributed by atoms with van der Waals surface area (Å²) < 4.78 is 24.2. The second-order valence-electron chi connectivity index (χ2n) is 12.9. The Balaban J connectivity index is 1.95. The number of ketones is 1. The number of nitrogens with zero attached hydrogens (tertiary/aromatic N) is 1. The quantitative estimate of drug-likeness (QED) is 0.274. The van der Waals surface area contributed by atoms with Gasteiger partial charge >= 0.3 is 5.97 Å². The standard InChI is InChI=1S/C31H51NO9/c1-9-25-20(5)29-31(6,41-29)12-10-23(34)17(2)14-21(11-13-33)28(19(4)24(35)16-26(36)39-25)40-30-27(37)22(32(7)8)15-18(3)38-30/h10,12-13,17-22,24-25,27-30,35,37H,9,11,14-16H2,1-8H3/b12-10+/t17-,18-,19+,20-,21+,22+,24-,25-,27-,28-,29?,30-,31?/m1/s1. The van der Waals surface area contributed by atoms with Crippen LogP contribution in [0, 0.1) is 23.7 Å². The van der Waals surface area contributed by atoms with Gasteiger partial charge < -0.3 is 38.9 Å². The normalized spacial score (nSPS) is 45.5. The fourth-order valence-electron chi connectivity index (χ4n) is 6.50. The number of likely N-dealkylation sites (N-methyl/N-ethyl adjacent to an activating group) is 1. The first-order chi connectivity index (χ1) is 19.2. The topological polar surface area (TPSA) is 135 Å². The highest BCUT2D eigenvalue weighted by Crippen LogP contribution is 2.45. The molecular weight excluding hydrogens is 530 g/mol. The van der Waals surface area contributed by atoms with Gasteiger partial charge in [0.25, 0.3) is 0 Å². The van der Waals surface area contributed by atoms with Gasteiger partial charge in [0.2, 0.25) is 0 Å². The monoisotopic (exact) mass is 581 g/mol. The third-order valence-electron chi connectivity index (χ3n) is 9.29. The van der Waals surface area contributed by atoms with Gasteiger partial charge in [0.1, 0.15) is 24.1 Å². The van der Waals surface area contributed by atoms with Gasteiger partial charge in [0.15, 0.2) is 12.1 Å². The van der Waals surface area contributed by atoms with Crippen molar-refractivity contribution < 1.29 is 43.5 Å². The minimum Gasteiger partial charge on any atom is -0.462 e. The first kappa shape index (κ1) is 33.8. The van der Waals surface area contributed by atoms with Crippen LogP contribution < -0.4 is 0 Å². The molecule has 3 heterocycles. The Hall–Kier alpha value is -1.69. The number of epoxide rings is 1. The number of aldehydes is 1. The molecule has 234 valence electrons. The molecular formula is C31H51NO9. The summed E-state index contributed by atoms with van der Waals surface area (Å²) >= 11 is 0. The molecule has 3 aliphatic heterocycles. The molecule has 0 aliphatic carbocycles. The van der Waals surface area contributed by atoms with E-state index < -0.39 is 60.0 Å². The zero-order chi connectivity index (χ0) is 30.6. The summed E-state index contributed by atoms with van der Waals surface area (Å²) in [6.07, 6.45) is 0.627. The van der Waals surface area contributed by atoms with Crippen LogP contribution in [0.4, 0.5) is 0 Å². The lowest BCUT2D eigenvalue weighted by molar-refractivity contribution is -0.283. The van der Waals surface area contributed by atoms with Gasteiger partial charge in [-0.1, -0.05) is 27.7 Å². The van der Waals surface area contributed by atoms with Crippen molar-refractivity contribution in [1.29, 1.82) is 0 Å². The Morgan fingerprint density at radius 3 is 2.41 bits per heavy atom. The number of ether oxygens (including phenoxy) is 4. The molecule has 2 N–H and O–H groups in total. The number of rotatable bonds is 6. The molecule has 0 amide bonds. The lowest BCUT2D eigenvalue weighted by atomic mass is 9.79. The second-order valence-corrected chi connectivity index (χ2v) is 12.9. The van der Waals surface area contributed by atoms with E-state index >= 15 is 0 Å². The van der Waals surface area contributed by atoms with Crippen molar-refractivity contribution in [2.45, 2.75) is 128 Å². The van der Waals surface area contributed by atoms with Crippen molar-refractivity contribution >= 4 is 18.0 Å². The van der Waals surface area contributed by atoms with Gasteiger partial charge in [-0.15, -0.1) is 0 Å². The Morgan fingerprint density at radius 1 is 1.12 bits per heavy atom. The summed E-state index contributed by atoms with van der Waals surface area (Å²) in [7, 11) is 3.76. The second kappa shape index (κ2) is 14.2. The maximum atomic E-state index is 13.2. The number of aliphatic hydroxyl groups excluding tert-OH is 2. The molecule has 0 bridgehead atoms.